The Morgan fingerprint density at radius 2 is 1.91 bits per heavy atom. The van der Waals surface area contributed by atoms with Crippen molar-refractivity contribution < 1.29 is 18.7 Å². The monoisotopic (exact) mass is 454 g/mol. The largest absolute Gasteiger partial charge is 0.489 e. The van der Waals surface area contributed by atoms with Gasteiger partial charge in [0.15, 0.2) is 0 Å². The van der Waals surface area contributed by atoms with Crippen LogP contribution in [0.3, 0.4) is 0 Å². The third-order valence-corrected chi connectivity index (χ3v) is 6.42. The van der Waals surface area contributed by atoms with Gasteiger partial charge in [-0.25, -0.2) is 4.39 Å². The zero-order valence-corrected chi connectivity index (χ0v) is 19.7. The van der Waals surface area contributed by atoms with Gasteiger partial charge in [-0.2, -0.15) is 0 Å². The number of carbonyl (C=O) groups is 1. The van der Waals surface area contributed by atoms with Crippen LogP contribution in [0.1, 0.15) is 24.0 Å². The SMILES string of the molecule is C=CCOc1ccccc1CN1CCC([C@H](Cc2ccc(F)cc2)N(C)C(=O)COC)CC1. The van der Waals surface area contributed by atoms with Crippen molar-refractivity contribution in [2.24, 2.45) is 5.92 Å². The maximum absolute atomic E-state index is 13.4. The number of piperidine rings is 1. The molecule has 1 atom stereocenters. The molecule has 1 saturated heterocycles. The molecule has 0 spiro atoms. The molecule has 1 fully saturated rings. The van der Waals surface area contributed by atoms with Gasteiger partial charge in [0.1, 0.15) is 24.8 Å². The summed E-state index contributed by atoms with van der Waals surface area (Å²) < 4.78 is 24.3. The zero-order valence-electron chi connectivity index (χ0n) is 19.7. The number of hydrogen-bond donors (Lipinski definition) is 0. The van der Waals surface area contributed by atoms with E-state index in [0.717, 1.165) is 43.8 Å². The fourth-order valence-electron chi connectivity index (χ4n) is 4.55. The van der Waals surface area contributed by atoms with Gasteiger partial charge in [0.05, 0.1) is 0 Å². The summed E-state index contributed by atoms with van der Waals surface area (Å²) in [4.78, 5) is 16.9. The number of hydrogen-bond acceptors (Lipinski definition) is 4. The zero-order chi connectivity index (χ0) is 23.6. The lowest BCUT2D eigenvalue weighted by atomic mass is 9.84. The van der Waals surface area contributed by atoms with E-state index in [1.807, 2.05) is 42.3 Å². The van der Waals surface area contributed by atoms with Gasteiger partial charge >= 0.3 is 0 Å². The van der Waals surface area contributed by atoms with Gasteiger partial charge < -0.3 is 14.4 Å². The van der Waals surface area contributed by atoms with Crippen molar-refractivity contribution in [3.63, 3.8) is 0 Å². The number of likely N-dealkylation sites (tertiary alicyclic amines) is 1. The van der Waals surface area contributed by atoms with E-state index >= 15 is 0 Å². The summed E-state index contributed by atoms with van der Waals surface area (Å²) in [6, 6.07) is 14.8. The Morgan fingerprint density at radius 1 is 1.21 bits per heavy atom. The lowest BCUT2D eigenvalue weighted by Gasteiger charge is -2.40. The van der Waals surface area contributed by atoms with Crippen molar-refractivity contribution in [1.29, 1.82) is 0 Å². The van der Waals surface area contributed by atoms with E-state index in [0.29, 0.717) is 18.9 Å². The lowest BCUT2D eigenvalue weighted by Crippen LogP contribution is -2.48. The number of amides is 1. The van der Waals surface area contributed by atoms with Gasteiger partial charge in [-0.05, 0) is 62.0 Å². The standard InChI is InChI=1S/C27H35FN2O3/c1-4-17-33-26-8-6-5-7-23(26)19-30-15-13-22(14-16-30)25(29(2)27(31)20-32-3)18-21-9-11-24(28)12-10-21/h4-12,22,25H,1,13-20H2,2-3H3/t25-/m0/s1. The summed E-state index contributed by atoms with van der Waals surface area (Å²) in [6.07, 6.45) is 4.44. The van der Waals surface area contributed by atoms with Crippen molar-refractivity contribution in [1.82, 2.24) is 9.80 Å². The van der Waals surface area contributed by atoms with Gasteiger partial charge in [-0.3, -0.25) is 9.69 Å². The highest BCUT2D eigenvalue weighted by molar-refractivity contribution is 5.77. The van der Waals surface area contributed by atoms with Crippen LogP contribution in [0.15, 0.2) is 61.2 Å². The van der Waals surface area contributed by atoms with E-state index in [1.165, 1.54) is 24.8 Å². The quantitative estimate of drug-likeness (QED) is 0.475. The highest BCUT2D eigenvalue weighted by atomic mass is 19.1. The molecule has 6 heteroatoms. The first-order valence-electron chi connectivity index (χ1n) is 11.5. The van der Waals surface area contributed by atoms with E-state index in [9.17, 15) is 9.18 Å². The van der Waals surface area contributed by atoms with Crippen LogP contribution < -0.4 is 4.74 Å². The molecular weight excluding hydrogens is 419 g/mol. The number of para-hydroxylation sites is 1. The summed E-state index contributed by atoms with van der Waals surface area (Å²) >= 11 is 0. The summed E-state index contributed by atoms with van der Waals surface area (Å²) in [5, 5.41) is 0. The third-order valence-electron chi connectivity index (χ3n) is 6.42. The topological polar surface area (TPSA) is 42.0 Å². The number of likely N-dealkylation sites (N-methyl/N-ethyl adjacent to an activating group) is 1. The molecule has 3 rings (SSSR count). The molecule has 0 N–H and O–H groups in total. The molecule has 1 heterocycles. The normalized spacial score (nSPS) is 15.7. The van der Waals surface area contributed by atoms with Gasteiger partial charge in [-0.15, -0.1) is 0 Å². The molecule has 2 aromatic carbocycles. The van der Waals surface area contributed by atoms with Crippen LogP contribution in [0, 0.1) is 11.7 Å². The Kier molecular flexibility index (Phi) is 9.46. The summed E-state index contributed by atoms with van der Waals surface area (Å²) in [5.74, 6) is 0.994. The first-order chi connectivity index (χ1) is 16.0. The van der Waals surface area contributed by atoms with Crippen LogP contribution in [-0.2, 0) is 22.5 Å². The van der Waals surface area contributed by atoms with E-state index in [1.54, 1.807) is 6.08 Å². The summed E-state index contributed by atoms with van der Waals surface area (Å²) in [6.45, 7) is 7.02. The number of methoxy groups -OCH3 is 1. The first kappa shape index (κ1) is 24.9. The maximum atomic E-state index is 13.4. The Balaban J connectivity index is 1.66. The Morgan fingerprint density at radius 3 is 2.58 bits per heavy atom. The molecule has 33 heavy (non-hydrogen) atoms. The average Bonchev–Trinajstić information content (AvgIpc) is 2.83. The Labute approximate surface area is 196 Å². The van der Waals surface area contributed by atoms with E-state index in [4.69, 9.17) is 9.47 Å². The van der Waals surface area contributed by atoms with Crippen LogP contribution in [0.2, 0.25) is 0 Å². The third kappa shape index (κ3) is 7.14. The number of ether oxygens (including phenoxy) is 2. The molecule has 1 amide bonds. The highest BCUT2D eigenvalue weighted by Crippen LogP contribution is 2.29. The summed E-state index contributed by atoms with van der Waals surface area (Å²) in [7, 11) is 3.39. The number of rotatable bonds is 11. The minimum Gasteiger partial charge on any atom is -0.489 e. The number of benzene rings is 2. The molecule has 1 aliphatic rings. The maximum Gasteiger partial charge on any atom is 0.248 e. The molecule has 0 aromatic heterocycles. The highest BCUT2D eigenvalue weighted by Gasteiger charge is 2.31. The second kappa shape index (κ2) is 12.5. The predicted octanol–water partition coefficient (Wildman–Crippen LogP) is 4.32. The van der Waals surface area contributed by atoms with Crippen molar-refractivity contribution in [3.05, 3.63) is 78.1 Å². The lowest BCUT2D eigenvalue weighted by molar-refractivity contribution is -0.137. The number of carbonyl (C=O) groups excluding carboxylic acids is 1. The molecule has 2 aromatic rings. The first-order valence-corrected chi connectivity index (χ1v) is 11.5. The number of nitrogens with zero attached hydrogens (tertiary/aromatic N) is 2. The molecule has 0 saturated carbocycles. The average molecular weight is 455 g/mol. The van der Waals surface area contributed by atoms with Gasteiger partial charge in [-0.1, -0.05) is 43.0 Å². The van der Waals surface area contributed by atoms with Gasteiger partial charge in [0, 0.05) is 32.3 Å². The van der Waals surface area contributed by atoms with Crippen molar-refractivity contribution in [2.75, 3.05) is 40.5 Å². The van der Waals surface area contributed by atoms with Crippen LogP contribution in [0.25, 0.3) is 0 Å². The van der Waals surface area contributed by atoms with Crippen molar-refractivity contribution in [3.8, 4) is 5.75 Å². The Hall–Kier alpha value is -2.70. The molecule has 0 bridgehead atoms. The molecule has 178 valence electrons. The van der Waals surface area contributed by atoms with Crippen LogP contribution in [-0.4, -0.2) is 62.2 Å². The fourth-order valence-corrected chi connectivity index (χ4v) is 4.55. The van der Waals surface area contributed by atoms with Crippen LogP contribution in [0.5, 0.6) is 5.75 Å². The molecule has 1 aliphatic heterocycles. The second-order valence-corrected chi connectivity index (χ2v) is 8.66. The van der Waals surface area contributed by atoms with E-state index in [2.05, 4.69) is 17.5 Å². The van der Waals surface area contributed by atoms with E-state index in [-0.39, 0.29) is 24.4 Å². The number of halogens is 1. The van der Waals surface area contributed by atoms with Crippen molar-refractivity contribution >= 4 is 5.91 Å². The van der Waals surface area contributed by atoms with Gasteiger partial charge in [0.2, 0.25) is 5.91 Å². The molecule has 0 unspecified atom stereocenters. The fraction of sp³-hybridized carbons (Fsp3) is 0.444. The van der Waals surface area contributed by atoms with E-state index < -0.39 is 0 Å². The minimum absolute atomic E-state index is 0.0275. The predicted molar refractivity (Wildman–Crippen MR) is 129 cm³/mol. The molecule has 0 aliphatic carbocycles. The summed E-state index contributed by atoms with van der Waals surface area (Å²) in [5.41, 5.74) is 2.21. The second-order valence-electron chi connectivity index (χ2n) is 8.66. The van der Waals surface area contributed by atoms with Crippen LogP contribution >= 0.6 is 0 Å². The molecular formula is C27H35FN2O3. The molecule has 5 nitrogen and oxygen atoms in total. The van der Waals surface area contributed by atoms with Crippen molar-refractivity contribution in [2.45, 2.75) is 31.8 Å². The Bertz CT molecular complexity index is 894. The van der Waals surface area contributed by atoms with Gasteiger partial charge in [0.25, 0.3) is 0 Å². The van der Waals surface area contributed by atoms with Crippen LogP contribution in [0.4, 0.5) is 4.39 Å². The minimum atomic E-state index is -0.246. The molecule has 0 radical (unpaired) electrons. The smallest absolute Gasteiger partial charge is 0.248 e.